The van der Waals surface area contributed by atoms with Gasteiger partial charge in [-0.15, -0.1) is 0 Å². The van der Waals surface area contributed by atoms with Crippen LogP contribution in [-0.4, -0.2) is 39.6 Å². The summed E-state index contributed by atoms with van der Waals surface area (Å²) in [5, 5.41) is 19.3. The lowest BCUT2D eigenvalue weighted by Gasteiger charge is -2.34. The Morgan fingerprint density at radius 1 is 1.33 bits per heavy atom. The Balaban J connectivity index is 2.57. The molecule has 1 aliphatic heterocycles. The van der Waals surface area contributed by atoms with E-state index in [4.69, 9.17) is 0 Å². The topological polar surface area (TPSA) is 77.8 Å². The number of hydrogen-bond acceptors (Lipinski definition) is 3. The van der Waals surface area contributed by atoms with Gasteiger partial charge in [-0.1, -0.05) is 30.3 Å². The molecule has 1 heterocycles. The number of carboxylic acids is 1. The van der Waals surface area contributed by atoms with Crippen LogP contribution in [0.5, 0.6) is 0 Å². The number of nitrogens with zero attached hydrogens (tertiary/aromatic N) is 1. The molecule has 0 radical (unpaired) electrons. The van der Waals surface area contributed by atoms with Gasteiger partial charge in [0.05, 0.1) is 6.10 Å². The maximum Gasteiger partial charge on any atom is 0.334 e. The number of carbonyl (C=O) groups is 2. The summed E-state index contributed by atoms with van der Waals surface area (Å²) in [5.74, 6) is -1.46. The van der Waals surface area contributed by atoms with Crippen LogP contribution in [0.4, 0.5) is 0 Å². The first kappa shape index (κ1) is 12.6. The minimum atomic E-state index is -1.45. The van der Waals surface area contributed by atoms with Crippen LogP contribution in [0.2, 0.25) is 0 Å². The summed E-state index contributed by atoms with van der Waals surface area (Å²) in [6, 6.07) is 8.57. The molecule has 18 heavy (non-hydrogen) atoms. The van der Waals surface area contributed by atoms with Crippen LogP contribution in [0.25, 0.3) is 0 Å². The molecule has 1 amide bonds. The summed E-state index contributed by atoms with van der Waals surface area (Å²) >= 11 is 0. The fourth-order valence-corrected chi connectivity index (χ4v) is 2.59. The number of benzene rings is 1. The van der Waals surface area contributed by atoms with Crippen molar-refractivity contribution in [1.82, 2.24) is 4.90 Å². The van der Waals surface area contributed by atoms with Gasteiger partial charge in [-0.25, -0.2) is 4.79 Å². The third kappa shape index (κ3) is 1.76. The first-order chi connectivity index (χ1) is 8.48. The number of rotatable bonds is 2. The zero-order chi connectivity index (χ0) is 13.3. The smallest absolute Gasteiger partial charge is 0.334 e. The van der Waals surface area contributed by atoms with Gasteiger partial charge in [0.1, 0.15) is 0 Å². The van der Waals surface area contributed by atoms with Gasteiger partial charge in [0, 0.05) is 19.9 Å². The number of carboxylic acid groups (broad SMARTS) is 1. The first-order valence-corrected chi connectivity index (χ1v) is 5.73. The van der Waals surface area contributed by atoms with Crippen LogP contribution >= 0.6 is 0 Å². The van der Waals surface area contributed by atoms with E-state index >= 15 is 0 Å². The fourth-order valence-electron chi connectivity index (χ4n) is 2.59. The van der Waals surface area contributed by atoms with Crippen molar-refractivity contribution in [3.05, 3.63) is 35.9 Å². The zero-order valence-corrected chi connectivity index (χ0v) is 10.0. The van der Waals surface area contributed by atoms with Crippen molar-refractivity contribution in [3.63, 3.8) is 0 Å². The van der Waals surface area contributed by atoms with E-state index in [0.29, 0.717) is 5.56 Å². The fraction of sp³-hybridized carbons (Fsp3) is 0.385. The second-order valence-electron chi connectivity index (χ2n) is 4.52. The van der Waals surface area contributed by atoms with Gasteiger partial charge in [0.15, 0.2) is 5.54 Å². The summed E-state index contributed by atoms with van der Waals surface area (Å²) in [6.45, 7) is 1.37. The molecular weight excluding hydrogens is 234 g/mol. The molecule has 1 saturated heterocycles. The standard InChI is InChI=1S/C13H15NO4/c1-9(15)14-8-11(16)7-13(14,12(17)18)10-5-3-2-4-6-10/h2-6,11,16H,7-8H2,1H3,(H,17,18). The molecule has 96 valence electrons. The predicted molar refractivity (Wildman–Crippen MR) is 63.8 cm³/mol. The van der Waals surface area contributed by atoms with Crippen LogP contribution in [0.1, 0.15) is 18.9 Å². The van der Waals surface area contributed by atoms with Crippen LogP contribution in [0.3, 0.4) is 0 Å². The number of aliphatic hydroxyl groups excluding tert-OH is 1. The molecule has 2 rings (SSSR count). The third-order valence-corrected chi connectivity index (χ3v) is 3.37. The Hall–Kier alpha value is -1.88. The zero-order valence-electron chi connectivity index (χ0n) is 10.0. The Morgan fingerprint density at radius 2 is 1.94 bits per heavy atom. The number of aliphatic carboxylic acids is 1. The normalized spacial score (nSPS) is 27.2. The van der Waals surface area contributed by atoms with Gasteiger partial charge >= 0.3 is 5.97 Å². The van der Waals surface area contributed by atoms with Crippen molar-refractivity contribution in [3.8, 4) is 0 Å². The number of carbonyl (C=O) groups excluding carboxylic acids is 1. The van der Waals surface area contributed by atoms with E-state index in [1.165, 1.54) is 11.8 Å². The maximum atomic E-state index is 11.7. The number of hydrogen-bond donors (Lipinski definition) is 2. The highest BCUT2D eigenvalue weighted by molar-refractivity contribution is 5.88. The van der Waals surface area contributed by atoms with Gasteiger partial charge < -0.3 is 15.1 Å². The molecule has 1 aromatic rings. The second-order valence-corrected chi connectivity index (χ2v) is 4.52. The first-order valence-electron chi connectivity index (χ1n) is 5.73. The minimum absolute atomic E-state index is 0.0198. The second kappa shape index (κ2) is 4.42. The van der Waals surface area contributed by atoms with E-state index in [0.717, 1.165) is 0 Å². The molecule has 0 aromatic heterocycles. The lowest BCUT2D eigenvalue weighted by molar-refractivity contribution is -0.156. The van der Waals surface area contributed by atoms with Crippen molar-refractivity contribution < 1.29 is 19.8 Å². The van der Waals surface area contributed by atoms with E-state index in [9.17, 15) is 19.8 Å². The molecule has 0 saturated carbocycles. The summed E-state index contributed by atoms with van der Waals surface area (Å²) in [7, 11) is 0. The number of amides is 1. The molecule has 5 heteroatoms. The molecule has 5 nitrogen and oxygen atoms in total. The van der Waals surface area contributed by atoms with Gasteiger partial charge in [0.25, 0.3) is 0 Å². The molecule has 1 aliphatic rings. The van der Waals surface area contributed by atoms with Crippen molar-refractivity contribution in [2.24, 2.45) is 0 Å². The molecule has 2 N–H and O–H groups in total. The van der Waals surface area contributed by atoms with Gasteiger partial charge in [-0.2, -0.15) is 0 Å². The van der Waals surface area contributed by atoms with E-state index in [-0.39, 0.29) is 18.9 Å². The van der Waals surface area contributed by atoms with E-state index in [1.54, 1.807) is 30.3 Å². The predicted octanol–water partition coefficient (Wildman–Crippen LogP) is 0.580. The Morgan fingerprint density at radius 3 is 2.44 bits per heavy atom. The van der Waals surface area contributed by atoms with Crippen molar-refractivity contribution in [2.45, 2.75) is 25.0 Å². The number of aliphatic hydroxyl groups is 1. The highest BCUT2D eigenvalue weighted by atomic mass is 16.4. The van der Waals surface area contributed by atoms with E-state index in [2.05, 4.69) is 0 Å². The Kier molecular flexibility index (Phi) is 3.09. The molecular formula is C13H15NO4. The summed E-state index contributed by atoms with van der Waals surface area (Å²) in [5.41, 5.74) is -0.934. The lowest BCUT2D eigenvalue weighted by atomic mass is 9.86. The minimum Gasteiger partial charge on any atom is -0.479 e. The third-order valence-electron chi connectivity index (χ3n) is 3.37. The largest absolute Gasteiger partial charge is 0.479 e. The van der Waals surface area contributed by atoms with Crippen molar-refractivity contribution in [2.75, 3.05) is 6.54 Å². The summed E-state index contributed by atoms with van der Waals surface area (Å²) < 4.78 is 0. The quantitative estimate of drug-likeness (QED) is 0.803. The van der Waals surface area contributed by atoms with Crippen LogP contribution in [0, 0.1) is 0 Å². The SMILES string of the molecule is CC(=O)N1CC(O)CC1(C(=O)O)c1ccccc1. The Labute approximate surface area is 105 Å². The molecule has 1 fully saturated rings. The van der Waals surface area contributed by atoms with E-state index in [1.807, 2.05) is 0 Å². The lowest BCUT2D eigenvalue weighted by Crippen LogP contribution is -2.49. The van der Waals surface area contributed by atoms with Crippen molar-refractivity contribution >= 4 is 11.9 Å². The molecule has 2 unspecified atom stereocenters. The number of β-amino-alcohol motifs (C(OH)–C–C–N with tert-alkyl or cyclic N) is 1. The van der Waals surface area contributed by atoms with Crippen LogP contribution < -0.4 is 0 Å². The molecule has 1 aromatic carbocycles. The highest BCUT2D eigenvalue weighted by Crippen LogP contribution is 2.39. The Bertz CT molecular complexity index is 473. The highest BCUT2D eigenvalue weighted by Gasteiger charge is 2.53. The summed E-state index contributed by atoms with van der Waals surface area (Å²) in [4.78, 5) is 24.5. The van der Waals surface area contributed by atoms with E-state index < -0.39 is 17.6 Å². The molecule has 0 bridgehead atoms. The monoisotopic (exact) mass is 249 g/mol. The van der Waals surface area contributed by atoms with Crippen LogP contribution in [-0.2, 0) is 15.1 Å². The molecule has 0 aliphatic carbocycles. The number of likely N-dealkylation sites (tertiary alicyclic amines) is 1. The molecule has 2 atom stereocenters. The van der Waals surface area contributed by atoms with Gasteiger partial charge in [-0.05, 0) is 5.56 Å². The van der Waals surface area contributed by atoms with Crippen molar-refractivity contribution in [1.29, 1.82) is 0 Å². The van der Waals surface area contributed by atoms with Gasteiger partial charge in [0.2, 0.25) is 5.91 Å². The average molecular weight is 249 g/mol. The van der Waals surface area contributed by atoms with Gasteiger partial charge in [-0.3, -0.25) is 4.79 Å². The summed E-state index contributed by atoms with van der Waals surface area (Å²) in [6.07, 6.45) is -0.795. The van der Waals surface area contributed by atoms with Crippen LogP contribution in [0.15, 0.2) is 30.3 Å². The molecule has 0 spiro atoms. The average Bonchev–Trinajstić information content (AvgIpc) is 2.69. The maximum absolute atomic E-state index is 11.7.